The van der Waals surface area contributed by atoms with E-state index in [2.05, 4.69) is 9.97 Å². The van der Waals surface area contributed by atoms with E-state index in [1.165, 1.54) is 6.07 Å². The van der Waals surface area contributed by atoms with Gasteiger partial charge in [-0.05, 0) is 45.0 Å². The van der Waals surface area contributed by atoms with Crippen LogP contribution in [0.25, 0.3) is 22.4 Å². The predicted molar refractivity (Wildman–Crippen MR) is 127 cm³/mol. The number of H-pyrrole nitrogens is 1. The fraction of sp³-hybridized carbons (Fsp3) is 0.400. The molecule has 1 unspecified atom stereocenters. The molecule has 0 bridgehead atoms. The second-order valence-electron chi connectivity index (χ2n) is 8.54. The number of amides is 1. The Bertz CT molecular complexity index is 1130. The topological polar surface area (TPSA) is 105 Å². The summed E-state index contributed by atoms with van der Waals surface area (Å²) >= 11 is 0. The average molecular weight is 454 g/mol. The molecule has 4 rings (SSSR count). The minimum Gasteiger partial charge on any atom is -0.488 e. The van der Waals surface area contributed by atoms with Gasteiger partial charge < -0.3 is 24.5 Å². The molecule has 0 saturated carbocycles. The highest BCUT2D eigenvalue weighted by Crippen LogP contribution is 2.32. The number of ether oxygens (including phenoxy) is 2. The minimum absolute atomic E-state index is 0.141. The molecule has 33 heavy (non-hydrogen) atoms. The molecule has 1 amide bonds. The molecule has 176 valence electrons. The molecule has 1 aliphatic rings. The second-order valence-corrected chi connectivity index (χ2v) is 8.54. The number of likely N-dealkylation sites (tertiary alicyclic amines) is 1. The van der Waals surface area contributed by atoms with Gasteiger partial charge in [0.25, 0.3) is 0 Å². The normalized spacial score (nSPS) is 15.7. The Kier molecular flexibility index (Phi) is 7.26. The Morgan fingerprint density at radius 1 is 1.12 bits per heavy atom. The largest absolute Gasteiger partial charge is 0.488 e. The maximum Gasteiger partial charge on any atom is 0.410 e. The molecule has 8 heteroatoms. The van der Waals surface area contributed by atoms with Crippen molar-refractivity contribution in [2.45, 2.75) is 52.7 Å². The van der Waals surface area contributed by atoms with E-state index in [-0.39, 0.29) is 17.8 Å². The molecule has 2 heterocycles. The lowest BCUT2D eigenvalue weighted by Gasteiger charge is -2.24. The summed E-state index contributed by atoms with van der Waals surface area (Å²) in [6, 6.07) is 12.4. The van der Waals surface area contributed by atoms with Gasteiger partial charge >= 0.3 is 12.1 Å². The molecular weight excluding hydrogens is 422 g/mol. The number of nitrogens with one attached hydrogen (secondary N) is 1. The number of nitrogens with zero attached hydrogens (tertiary/aromatic N) is 2. The van der Waals surface area contributed by atoms with Gasteiger partial charge in [0.1, 0.15) is 28.8 Å². The first kappa shape index (κ1) is 24.1. The number of hydrogen-bond acceptors (Lipinski definition) is 5. The van der Waals surface area contributed by atoms with Crippen LogP contribution in [0.2, 0.25) is 0 Å². The summed E-state index contributed by atoms with van der Waals surface area (Å²) in [5.74, 6) is 0.122. The van der Waals surface area contributed by atoms with Crippen molar-refractivity contribution in [3.63, 3.8) is 0 Å². The fourth-order valence-corrected chi connectivity index (χ4v) is 3.59. The Morgan fingerprint density at radius 3 is 2.55 bits per heavy atom. The first-order chi connectivity index (χ1) is 15.7. The highest BCUT2D eigenvalue weighted by atomic mass is 16.6. The molecule has 0 spiro atoms. The second kappa shape index (κ2) is 9.94. The quantitative estimate of drug-likeness (QED) is 0.552. The predicted octanol–water partition coefficient (Wildman–Crippen LogP) is 5.34. The maximum atomic E-state index is 12.3. The van der Waals surface area contributed by atoms with Crippen LogP contribution in [0.5, 0.6) is 5.75 Å². The fourth-order valence-electron chi connectivity index (χ4n) is 3.59. The van der Waals surface area contributed by atoms with Crippen LogP contribution in [0.1, 0.15) is 51.4 Å². The third kappa shape index (κ3) is 5.63. The van der Waals surface area contributed by atoms with Gasteiger partial charge in [0.2, 0.25) is 0 Å². The van der Waals surface area contributed by atoms with Gasteiger partial charge in [-0.2, -0.15) is 0 Å². The Hall–Kier alpha value is -3.55. The van der Waals surface area contributed by atoms with E-state index >= 15 is 0 Å². The number of benzene rings is 2. The monoisotopic (exact) mass is 453 g/mol. The summed E-state index contributed by atoms with van der Waals surface area (Å²) < 4.78 is 11.7. The number of imidazole rings is 1. The van der Waals surface area contributed by atoms with Crippen LogP contribution in [0, 0.1) is 0 Å². The standard InChI is InChI=1S/C23H25N3O5.C2H6/c1-23(2,3)31-22(29)26-12-11-14(13-26)30-18-10-5-4-7-15(18)20-24-17-9-6-8-16(21(27)28)19(17)25-20;1-2/h4-10,14H,11-13H2,1-3H3,(H,24,25)(H,27,28);1-2H3. The van der Waals surface area contributed by atoms with Crippen molar-refractivity contribution in [3.8, 4) is 17.1 Å². The zero-order chi connectivity index (χ0) is 24.2. The number of aromatic carboxylic acids is 1. The third-order valence-corrected chi connectivity index (χ3v) is 4.98. The van der Waals surface area contributed by atoms with Crippen molar-refractivity contribution < 1.29 is 24.2 Å². The van der Waals surface area contributed by atoms with E-state index in [4.69, 9.17) is 9.47 Å². The number of rotatable bonds is 4. The maximum absolute atomic E-state index is 12.3. The first-order valence-electron chi connectivity index (χ1n) is 11.2. The highest BCUT2D eigenvalue weighted by Gasteiger charge is 2.31. The Morgan fingerprint density at radius 2 is 1.85 bits per heavy atom. The van der Waals surface area contributed by atoms with Gasteiger partial charge in [-0.15, -0.1) is 0 Å². The van der Waals surface area contributed by atoms with Gasteiger partial charge in [-0.25, -0.2) is 14.6 Å². The lowest BCUT2D eigenvalue weighted by atomic mass is 10.2. The molecule has 0 radical (unpaired) electrons. The molecular formula is C25H31N3O5. The number of carbonyl (C=O) groups excluding carboxylic acids is 1. The smallest absolute Gasteiger partial charge is 0.410 e. The number of fused-ring (bicyclic) bond motifs is 1. The van der Waals surface area contributed by atoms with Crippen molar-refractivity contribution in [1.29, 1.82) is 0 Å². The molecule has 8 nitrogen and oxygen atoms in total. The summed E-state index contributed by atoms with van der Waals surface area (Å²) in [5, 5.41) is 9.43. The van der Waals surface area contributed by atoms with E-state index in [1.807, 2.05) is 58.9 Å². The summed E-state index contributed by atoms with van der Waals surface area (Å²) in [7, 11) is 0. The number of aromatic amines is 1. The number of aromatic nitrogens is 2. The average Bonchev–Trinajstić information content (AvgIpc) is 3.41. The molecule has 2 N–H and O–H groups in total. The highest BCUT2D eigenvalue weighted by molar-refractivity contribution is 6.01. The van der Waals surface area contributed by atoms with E-state index in [1.54, 1.807) is 17.0 Å². The molecule has 1 atom stereocenters. The number of carbonyl (C=O) groups is 2. The minimum atomic E-state index is -1.03. The summed E-state index contributed by atoms with van der Waals surface area (Å²) in [4.78, 5) is 33.2. The van der Waals surface area contributed by atoms with E-state index < -0.39 is 11.6 Å². The lowest BCUT2D eigenvalue weighted by molar-refractivity contribution is 0.0275. The van der Waals surface area contributed by atoms with Crippen LogP contribution in [0.3, 0.4) is 0 Å². The molecule has 2 aromatic carbocycles. The number of carboxylic acid groups (broad SMARTS) is 1. The summed E-state index contributed by atoms with van der Waals surface area (Å²) in [6.45, 7) is 10.5. The van der Waals surface area contributed by atoms with Crippen molar-refractivity contribution in [3.05, 3.63) is 48.0 Å². The van der Waals surface area contributed by atoms with Gasteiger partial charge in [0, 0.05) is 13.0 Å². The Labute approximate surface area is 193 Å². The van der Waals surface area contributed by atoms with Gasteiger partial charge in [0.15, 0.2) is 0 Å². The van der Waals surface area contributed by atoms with Crippen LogP contribution < -0.4 is 4.74 Å². The van der Waals surface area contributed by atoms with Gasteiger partial charge in [0.05, 0.1) is 23.2 Å². The number of carboxylic acids is 1. The van der Waals surface area contributed by atoms with Crippen LogP contribution in [0.15, 0.2) is 42.5 Å². The summed E-state index contributed by atoms with van der Waals surface area (Å²) in [5.41, 5.74) is 1.37. The zero-order valence-corrected chi connectivity index (χ0v) is 19.7. The SMILES string of the molecule is CC.CC(C)(C)OC(=O)N1CCC(Oc2ccccc2-c2nc3c(C(=O)O)cccc3[nH]2)C1. The van der Waals surface area contributed by atoms with Crippen LogP contribution >= 0.6 is 0 Å². The van der Waals surface area contributed by atoms with Crippen molar-refractivity contribution >= 4 is 23.1 Å². The van der Waals surface area contributed by atoms with Crippen molar-refractivity contribution in [1.82, 2.24) is 14.9 Å². The van der Waals surface area contributed by atoms with Crippen LogP contribution in [-0.4, -0.2) is 56.8 Å². The third-order valence-electron chi connectivity index (χ3n) is 4.98. The molecule has 0 aliphatic carbocycles. The first-order valence-corrected chi connectivity index (χ1v) is 11.2. The lowest BCUT2D eigenvalue weighted by Crippen LogP contribution is -2.36. The van der Waals surface area contributed by atoms with E-state index in [0.717, 1.165) is 5.56 Å². The van der Waals surface area contributed by atoms with Gasteiger partial charge in [-0.1, -0.05) is 32.0 Å². The number of para-hydroxylation sites is 2. The van der Waals surface area contributed by atoms with Crippen LogP contribution in [-0.2, 0) is 4.74 Å². The van der Waals surface area contributed by atoms with E-state index in [9.17, 15) is 14.7 Å². The molecule has 1 aromatic heterocycles. The van der Waals surface area contributed by atoms with E-state index in [0.29, 0.717) is 42.1 Å². The van der Waals surface area contributed by atoms with Gasteiger partial charge in [-0.3, -0.25) is 0 Å². The molecule has 1 fully saturated rings. The van der Waals surface area contributed by atoms with Crippen molar-refractivity contribution in [2.24, 2.45) is 0 Å². The zero-order valence-electron chi connectivity index (χ0n) is 19.7. The van der Waals surface area contributed by atoms with Crippen LogP contribution in [0.4, 0.5) is 4.79 Å². The Balaban J connectivity index is 0.00000149. The molecule has 3 aromatic rings. The molecule has 1 aliphatic heterocycles. The molecule has 1 saturated heterocycles. The number of hydrogen-bond donors (Lipinski definition) is 2. The van der Waals surface area contributed by atoms with Crippen molar-refractivity contribution in [2.75, 3.05) is 13.1 Å². The summed E-state index contributed by atoms with van der Waals surface area (Å²) in [6.07, 6.45) is 0.176.